The molecule has 0 aliphatic heterocycles. The molecule has 4 atom stereocenters. The Balaban J connectivity index is 2.95. The van der Waals surface area contributed by atoms with Gasteiger partial charge in [-0.15, -0.1) is 0 Å². The molecule has 0 saturated heterocycles. The first-order valence-electron chi connectivity index (χ1n) is 18.3. The Hall–Kier alpha value is -3.85. The highest BCUT2D eigenvalue weighted by Crippen LogP contribution is 2.24. The third-order valence-corrected chi connectivity index (χ3v) is 11.6. The van der Waals surface area contributed by atoms with E-state index in [1.54, 1.807) is 33.3 Å². The lowest BCUT2D eigenvalue weighted by atomic mass is 9.88. The molecule has 1 aromatic carbocycles. The van der Waals surface area contributed by atoms with Crippen LogP contribution < -0.4 is 5.32 Å². The fourth-order valence-electron chi connectivity index (χ4n) is 4.95. The molecule has 3 amide bonds. The SMILES string of the molecule is CO[C@H]([C@H](C)[C@H](/C=C/c1ccccc1)OC)[C@@H](C)/C=C/C(C)=C/C(=O)N(/C=C\C=C\CC(=O)NCC(=O)OCC[Si](C)(C)C)C(=O)OCC[Si](C)(C)C. The average Bonchev–Trinajstić information content (AvgIpc) is 3.07. The smallest absolute Gasteiger partial charge is 0.420 e. The van der Waals surface area contributed by atoms with Gasteiger partial charge in [0.1, 0.15) is 6.54 Å². The molecule has 12 heteroatoms. The first kappa shape index (κ1) is 47.2. The van der Waals surface area contributed by atoms with E-state index in [2.05, 4.69) is 51.5 Å². The fraction of sp³-hybridized carbons (Fsp3) is 0.512. The van der Waals surface area contributed by atoms with Gasteiger partial charge in [0.15, 0.2) is 0 Å². The van der Waals surface area contributed by atoms with Crippen LogP contribution in [0, 0.1) is 11.8 Å². The zero-order chi connectivity index (χ0) is 40.0. The van der Waals surface area contributed by atoms with Crippen molar-refractivity contribution in [2.75, 3.05) is 34.0 Å². The first-order valence-corrected chi connectivity index (χ1v) is 25.7. The molecule has 10 nitrogen and oxygen atoms in total. The molecule has 0 unspecified atom stereocenters. The number of hydrogen-bond acceptors (Lipinski definition) is 8. The number of esters is 1. The van der Waals surface area contributed by atoms with Crippen LogP contribution in [-0.2, 0) is 33.3 Å². The Bertz CT molecular complexity index is 1440. The van der Waals surface area contributed by atoms with E-state index in [4.69, 9.17) is 18.9 Å². The van der Waals surface area contributed by atoms with Crippen molar-refractivity contribution in [2.24, 2.45) is 11.8 Å². The molecule has 294 valence electrons. The molecule has 0 saturated carbocycles. The van der Waals surface area contributed by atoms with Crippen molar-refractivity contribution < 1.29 is 38.1 Å². The van der Waals surface area contributed by atoms with Gasteiger partial charge in [-0.05, 0) is 36.2 Å². The van der Waals surface area contributed by atoms with Crippen LogP contribution in [0.1, 0.15) is 32.8 Å². The maximum atomic E-state index is 13.4. The number of ether oxygens (including phenoxy) is 4. The minimum atomic E-state index is -1.48. The summed E-state index contributed by atoms with van der Waals surface area (Å²) in [7, 11) is 0.563. The van der Waals surface area contributed by atoms with Crippen LogP contribution in [0.3, 0.4) is 0 Å². The highest BCUT2D eigenvalue weighted by atomic mass is 28.3. The minimum Gasteiger partial charge on any atom is -0.465 e. The summed E-state index contributed by atoms with van der Waals surface area (Å²) in [6.45, 7) is 19.4. The van der Waals surface area contributed by atoms with Crippen LogP contribution in [0.4, 0.5) is 4.79 Å². The number of nitrogens with one attached hydrogen (secondary N) is 1. The van der Waals surface area contributed by atoms with E-state index >= 15 is 0 Å². The number of methoxy groups -OCH3 is 2. The molecular formula is C41H64N2O8Si2. The standard InChI is InChI=1S/C41H64N2O8Si2/c1-32(21-22-33(2)40(49-5)34(3)36(48-4)24-23-35-18-14-12-15-19-35)30-38(45)43(41(47)51-27-29-53(9,10)11)25-17-13-16-20-37(44)42-31-39(46)50-26-28-52(6,7)8/h12-19,21-25,30,33-34,36,40H,20,26-29,31H2,1-11H3,(H,42,44)/b16-13+,22-21+,24-23+,25-17-,32-30+/t33-,34+,36-,40-/m0/s1. The van der Waals surface area contributed by atoms with Gasteiger partial charge in [0.05, 0.1) is 25.4 Å². The predicted molar refractivity (Wildman–Crippen MR) is 220 cm³/mol. The molecule has 53 heavy (non-hydrogen) atoms. The summed E-state index contributed by atoms with van der Waals surface area (Å²) in [6.07, 6.45) is 14.0. The lowest BCUT2D eigenvalue weighted by Crippen LogP contribution is -2.35. The summed E-state index contributed by atoms with van der Waals surface area (Å²) in [4.78, 5) is 51.4. The largest absolute Gasteiger partial charge is 0.465 e. The molecule has 0 aromatic heterocycles. The van der Waals surface area contributed by atoms with Crippen molar-refractivity contribution in [1.29, 1.82) is 0 Å². The molecular weight excluding hydrogens is 705 g/mol. The number of allylic oxidation sites excluding steroid dienone is 4. The van der Waals surface area contributed by atoms with Crippen molar-refractivity contribution in [3.8, 4) is 0 Å². The zero-order valence-electron chi connectivity index (χ0n) is 33.8. The Kier molecular flexibility index (Phi) is 21.8. The normalized spacial score (nSPS) is 15.1. The van der Waals surface area contributed by atoms with Gasteiger partial charge in [0.2, 0.25) is 5.91 Å². The highest BCUT2D eigenvalue weighted by molar-refractivity contribution is 6.76. The van der Waals surface area contributed by atoms with Gasteiger partial charge in [-0.1, -0.05) is 120 Å². The maximum absolute atomic E-state index is 13.4. The van der Waals surface area contributed by atoms with Crippen molar-refractivity contribution >= 4 is 46.1 Å². The lowest BCUT2D eigenvalue weighted by molar-refractivity contribution is -0.143. The monoisotopic (exact) mass is 768 g/mol. The van der Waals surface area contributed by atoms with Crippen molar-refractivity contribution in [3.63, 3.8) is 0 Å². The Morgan fingerprint density at radius 1 is 0.849 bits per heavy atom. The number of amides is 3. The average molecular weight is 769 g/mol. The molecule has 1 rings (SSSR count). The summed E-state index contributed by atoms with van der Waals surface area (Å²) in [5, 5.41) is 2.54. The number of imide groups is 1. The third-order valence-electron chi connectivity index (χ3n) is 8.23. The van der Waals surface area contributed by atoms with Crippen LogP contribution in [0.15, 0.2) is 84.6 Å². The summed E-state index contributed by atoms with van der Waals surface area (Å²) < 4.78 is 22.4. The Labute approximate surface area is 320 Å². The van der Waals surface area contributed by atoms with Crippen molar-refractivity contribution in [2.45, 2.75) is 90.8 Å². The predicted octanol–water partition coefficient (Wildman–Crippen LogP) is 8.27. The molecule has 0 fully saturated rings. The third kappa shape index (κ3) is 21.4. The summed E-state index contributed by atoms with van der Waals surface area (Å²) in [6, 6.07) is 11.6. The van der Waals surface area contributed by atoms with Gasteiger partial charge in [-0.25, -0.2) is 9.69 Å². The molecule has 0 aliphatic rings. The zero-order valence-corrected chi connectivity index (χ0v) is 35.8. The summed E-state index contributed by atoms with van der Waals surface area (Å²) >= 11 is 0. The van der Waals surface area contributed by atoms with Gasteiger partial charge in [0, 0.05) is 60.9 Å². The molecule has 0 bridgehead atoms. The quantitative estimate of drug-likeness (QED) is 0.0542. The van der Waals surface area contributed by atoms with Gasteiger partial charge in [-0.3, -0.25) is 14.4 Å². The van der Waals surface area contributed by atoms with Crippen LogP contribution in [0.2, 0.25) is 51.4 Å². The van der Waals surface area contributed by atoms with Crippen LogP contribution in [0.25, 0.3) is 6.08 Å². The van der Waals surface area contributed by atoms with Gasteiger partial charge in [-0.2, -0.15) is 0 Å². The van der Waals surface area contributed by atoms with Crippen molar-refractivity contribution in [1.82, 2.24) is 10.2 Å². The van der Waals surface area contributed by atoms with Crippen LogP contribution >= 0.6 is 0 Å². The Morgan fingerprint density at radius 3 is 2.06 bits per heavy atom. The number of benzene rings is 1. The topological polar surface area (TPSA) is 120 Å². The number of nitrogens with zero attached hydrogens (tertiary/aromatic N) is 1. The number of carbonyl (C=O) groups excluding carboxylic acids is 4. The highest BCUT2D eigenvalue weighted by Gasteiger charge is 2.28. The molecule has 0 spiro atoms. The lowest BCUT2D eigenvalue weighted by Gasteiger charge is -2.30. The van der Waals surface area contributed by atoms with Gasteiger partial charge >= 0.3 is 12.1 Å². The molecule has 1 aromatic rings. The van der Waals surface area contributed by atoms with Crippen LogP contribution in [-0.4, -0.2) is 91.1 Å². The van der Waals surface area contributed by atoms with E-state index < -0.39 is 34.1 Å². The van der Waals surface area contributed by atoms with E-state index in [0.717, 1.165) is 22.6 Å². The van der Waals surface area contributed by atoms with E-state index in [1.807, 2.05) is 61.6 Å². The van der Waals surface area contributed by atoms with E-state index in [9.17, 15) is 19.2 Å². The number of rotatable bonds is 22. The van der Waals surface area contributed by atoms with Gasteiger partial charge < -0.3 is 24.3 Å². The number of carbonyl (C=O) groups is 4. The second-order valence-corrected chi connectivity index (χ2v) is 26.8. The van der Waals surface area contributed by atoms with Crippen LogP contribution in [0.5, 0.6) is 0 Å². The molecule has 0 heterocycles. The Morgan fingerprint density at radius 2 is 1.47 bits per heavy atom. The minimum absolute atomic E-state index is 0.00134. The summed E-state index contributed by atoms with van der Waals surface area (Å²) in [5.74, 6) is -1.42. The second kappa shape index (κ2) is 24.5. The fourth-order valence-corrected chi connectivity index (χ4v) is 6.38. The molecule has 0 aliphatic carbocycles. The maximum Gasteiger partial charge on any atom is 0.420 e. The van der Waals surface area contributed by atoms with E-state index in [0.29, 0.717) is 12.2 Å². The van der Waals surface area contributed by atoms with Crippen molar-refractivity contribution in [3.05, 3.63) is 90.2 Å². The molecule has 1 N–H and O–H groups in total. The second-order valence-electron chi connectivity index (χ2n) is 15.6. The summed E-state index contributed by atoms with van der Waals surface area (Å²) in [5.41, 5.74) is 1.72. The molecule has 0 radical (unpaired) electrons. The van der Waals surface area contributed by atoms with E-state index in [1.165, 1.54) is 18.4 Å². The van der Waals surface area contributed by atoms with Gasteiger partial charge in [0.25, 0.3) is 5.91 Å². The number of hydrogen-bond donors (Lipinski definition) is 1. The first-order chi connectivity index (χ1) is 24.9. The van der Waals surface area contributed by atoms with E-state index in [-0.39, 0.29) is 49.5 Å².